The number of rotatable bonds is 5. The van der Waals surface area contributed by atoms with Crippen LogP contribution in [0, 0.1) is 5.92 Å². The minimum absolute atomic E-state index is 0. The molecule has 0 aliphatic carbocycles. The number of benzene rings is 2. The number of likely N-dealkylation sites (tertiary alicyclic amines) is 2. The highest BCUT2D eigenvalue weighted by Crippen LogP contribution is 2.33. The van der Waals surface area contributed by atoms with Crippen molar-refractivity contribution in [2.24, 2.45) is 11.7 Å². The van der Waals surface area contributed by atoms with Crippen molar-refractivity contribution in [1.29, 1.82) is 0 Å². The molecule has 2 aliphatic rings. The molecular weight excluding hydrogens is 405 g/mol. The topological polar surface area (TPSA) is 49.6 Å². The maximum Gasteiger partial charge on any atom is 0.239 e. The Morgan fingerprint density at radius 1 is 0.966 bits per heavy atom. The number of hydrogen-bond donors (Lipinski definition) is 1. The molecule has 0 bridgehead atoms. The first kappa shape index (κ1) is 23.7. The van der Waals surface area contributed by atoms with Crippen molar-refractivity contribution >= 4 is 30.7 Å². The number of nitrogens with zero attached hydrogens (tertiary/aromatic N) is 2. The van der Waals surface area contributed by atoms with Gasteiger partial charge in [-0.15, -0.1) is 24.8 Å². The lowest BCUT2D eigenvalue weighted by molar-refractivity contribution is -0.135. The van der Waals surface area contributed by atoms with Crippen LogP contribution in [0.4, 0.5) is 0 Å². The smallest absolute Gasteiger partial charge is 0.239 e. The highest BCUT2D eigenvalue weighted by molar-refractivity contribution is 5.85. The molecule has 1 unspecified atom stereocenters. The first-order valence-electron chi connectivity index (χ1n) is 10.1. The van der Waals surface area contributed by atoms with E-state index in [4.69, 9.17) is 5.73 Å². The molecule has 0 radical (unpaired) electrons. The van der Waals surface area contributed by atoms with Gasteiger partial charge in [0.05, 0.1) is 6.04 Å². The van der Waals surface area contributed by atoms with Crippen molar-refractivity contribution in [1.82, 2.24) is 9.80 Å². The van der Waals surface area contributed by atoms with Crippen molar-refractivity contribution in [3.05, 3.63) is 71.8 Å². The van der Waals surface area contributed by atoms with E-state index in [-0.39, 0.29) is 30.9 Å². The van der Waals surface area contributed by atoms with Crippen LogP contribution >= 0.6 is 24.8 Å². The van der Waals surface area contributed by atoms with E-state index < -0.39 is 0 Å². The molecule has 4 rings (SSSR count). The van der Waals surface area contributed by atoms with E-state index >= 15 is 0 Å². The van der Waals surface area contributed by atoms with Gasteiger partial charge in [0.2, 0.25) is 5.91 Å². The van der Waals surface area contributed by atoms with Crippen LogP contribution < -0.4 is 5.73 Å². The van der Waals surface area contributed by atoms with Crippen LogP contribution in [0.3, 0.4) is 0 Å². The van der Waals surface area contributed by atoms with Gasteiger partial charge in [0, 0.05) is 25.6 Å². The van der Waals surface area contributed by atoms with Gasteiger partial charge >= 0.3 is 0 Å². The van der Waals surface area contributed by atoms with Crippen LogP contribution in [0.2, 0.25) is 0 Å². The van der Waals surface area contributed by atoms with Crippen LogP contribution in [0.25, 0.3) is 0 Å². The van der Waals surface area contributed by atoms with Crippen molar-refractivity contribution < 1.29 is 4.79 Å². The number of nitrogens with two attached hydrogens (primary N) is 1. The highest BCUT2D eigenvalue weighted by Gasteiger charge is 2.40. The molecule has 0 saturated carbocycles. The van der Waals surface area contributed by atoms with Crippen molar-refractivity contribution in [3.8, 4) is 0 Å². The molecule has 0 aromatic heterocycles. The predicted octanol–water partition coefficient (Wildman–Crippen LogP) is 3.70. The minimum atomic E-state index is 0. The summed E-state index contributed by atoms with van der Waals surface area (Å²) in [4.78, 5) is 17.8. The number of amides is 1. The van der Waals surface area contributed by atoms with Gasteiger partial charge < -0.3 is 10.6 Å². The molecule has 2 saturated heterocycles. The SMILES string of the molecule is Cl.Cl.NC[C@@H]1CN(C(=O)C2CCCN2Cc2ccccc2)C[C@H]1c1ccccc1. The van der Waals surface area contributed by atoms with Gasteiger partial charge in [-0.1, -0.05) is 60.7 Å². The predicted molar refractivity (Wildman–Crippen MR) is 123 cm³/mol. The zero-order valence-corrected chi connectivity index (χ0v) is 18.3. The molecule has 2 aromatic rings. The summed E-state index contributed by atoms with van der Waals surface area (Å²) in [6, 6.07) is 21.0. The molecule has 1 amide bonds. The van der Waals surface area contributed by atoms with Crippen LogP contribution in [-0.2, 0) is 11.3 Å². The second kappa shape index (κ2) is 11.0. The third-order valence-electron chi connectivity index (χ3n) is 6.16. The molecule has 2 heterocycles. The quantitative estimate of drug-likeness (QED) is 0.778. The Kier molecular flexibility index (Phi) is 8.97. The first-order chi connectivity index (χ1) is 13.3. The lowest BCUT2D eigenvalue weighted by atomic mass is 9.89. The van der Waals surface area contributed by atoms with Gasteiger partial charge in [0.1, 0.15) is 0 Å². The molecule has 3 atom stereocenters. The molecule has 158 valence electrons. The molecule has 29 heavy (non-hydrogen) atoms. The summed E-state index contributed by atoms with van der Waals surface area (Å²) in [6.45, 7) is 4.06. The standard InChI is InChI=1S/C23H29N3O.2ClH/c24-14-20-16-26(17-21(20)19-10-5-2-6-11-19)23(27)22-12-7-13-25(22)15-18-8-3-1-4-9-18;;/h1-6,8-11,20-22H,7,12-17,24H2;2*1H/t20-,21+,22?;;/m1../s1. The average molecular weight is 436 g/mol. The summed E-state index contributed by atoms with van der Waals surface area (Å²) >= 11 is 0. The number of halogens is 2. The zero-order valence-electron chi connectivity index (χ0n) is 16.7. The Labute approximate surface area is 186 Å². The maximum absolute atomic E-state index is 13.3. The molecule has 6 heteroatoms. The average Bonchev–Trinajstić information content (AvgIpc) is 3.36. The summed E-state index contributed by atoms with van der Waals surface area (Å²) < 4.78 is 0. The Morgan fingerprint density at radius 3 is 2.28 bits per heavy atom. The summed E-state index contributed by atoms with van der Waals surface area (Å²) in [6.07, 6.45) is 2.06. The maximum atomic E-state index is 13.3. The lowest BCUT2D eigenvalue weighted by Gasteiger charge is -2.28. The fourth-order valence-corrected chi connectivity index (χ4v) is 4.69. The van der Waals surface area contributed by atoms with Gasteiger partial charge in [-0.25, -0.2) is 0 Å². The van der Waals surface area contributed by atoms with E-state index in [1.165, 1.54) is 11.1 Å². The van der Waals surface area contributed by atoms with E-state index in [2.05, 4.69) is 58.3 Å². The fourth-order valence-electron chi connectivity index (χ4n) is 4.69. The summed E-state index contributed by atoms with van der Waals surface area (Å²) in [5.41, 5.74) is 8.64. The lowest BCUT2D eigenvalue weighted by Crippen LogP contribution is -2.44. The van der Waals surface area contributed by atoms with Crippen LogP contribution in [0.5, 0.6) is 0 Å². The molecule has 0 spiro atoms. The molecule has 4 nitrogen and oxygen atoms in total. The largest absolute Gasteiger partial charge is 0.340 e. The van der Waals surface area contributed by atoms with E-state index in [1.54, 1.807) is 0 Å². The minimum Gasteiger partial charge on any atom is -0.340 e. The Morgan fingerprint density at radius 2 is 1.62 bits per heavy atom. The van der Waals surface area contributed by atoms with Crippen molar-refractivity contribution in [2.75, 3.05) is 26.2 Å². The van der Waals surface area contributed by atoms with Gasteiger partial charge in [-0.05, 0) is 43.0 Å². The van der Waals surface area contributed by atoms with Gasteiger partial charge in [0.25, 0.3) is 0 Å². The number of carbonyl (C=O) groups excluding carboxylic acids is 1. The Bertz CT molecular complexity index is 759. The molecule has 2 N–H and O–H groups in total. The van der Waals surface area contributed by atoms with E-state index in [9.17, 15) is 4.79 Å². The highest BCUT2D eigenvalue weighted by atomic mass is 35.5. The summed E-state index contributed by atoms with van der Waals surface area (Å²) in [7, 11) is 0. The Balaban J connectivity index is 0.00000150. The molecular formula is C23H31Cl2N3O. The second-order valence-corrected chi connectivity index (χ2v) is 7.87. The number of hydrogen-bond acceptors (Lipinski definition) is 3. The summed E-state index contributed by atoms with van der Waals surface area (Å²) in [5, 5.41) is 0. The van der Waals surface area contributed by atoms with Crippen molar-refractivity contribution in [2.45, 2.75) is 31.3 Å². The van der Waals surface area contributed by atoms with Gasteiger partial charge in [-0.2, -0.15) is 0 Å². The van der Waals surface area contributed by atoms with Crippen LogP contribution in [0.15, 0.2) is 60.7 Å². The van der Waals surface area contributed by atoms with Gasteiger partial charge in [0.15, 0.2) is 0 Å². The van der Waals surface area contributed by atoms with E-state index in [1.807, 2.05) is 12.1 Å². The molecule has 2 aliphatic heterocycles. The fraction of sp³-hybridized carbons (Fsp3) is 0.435. The summed E-state index contributed by atoms with van der Waals surface area (Å²) in [5.74, 6) is 0.991. The molecule has 2 fully saturated rings. The van der Waals surface area contributed by atoms with Gasteiger partial charge in [-0.3, -0.25) is 9.69 Å². The normalized spacial score (nSPS) is 24.0. The Hall–Kier alpha value is -1.59. The molecule has 2 aromatic carbocycles. The first-order valence-corrected chi connectivity index (χ1v) is 10.1. The third-order valence-corrected chi connectivity index (χ3v) is 6.16. The van der Waals surface area contributed by atoms with E-state index in [0.717, 1.165) is 39.0 Å². The zero-order chi connectivity index (χ0) is 18.6. The number of carbonyl (C=O) groups is 1. The third kappa shape index (κ3) is 5.32. The second-order valence-electron chi connectivity index (χ2n) is 7.87. The monoisotopic (exact) mass is 435 g/mol. The van der Waals surface area contributed by atoms with Crippen LogP contribution in [-0.4, -0.2) is 47.9 Å². The van der Waals surface area contributed by atoms with Crippen molar-refractivity contribution in [3.63, 3.8) is 0 Å². The van der Waals surface area contributed by atoms with Crippen LogP contribution in [0.1, 0.15) is 29.9 Å². The van der Waals surface area contributed by atoms with E-state index in [0.29, 0.717) is 24.3 Å².